The Bertz CT molecular complexity index is 830. The van der Waals surface area contributed by atoms with Gasteiger partial charge in [0.15, 0.2) is 0 Å². The third-order valence-corrected chi connectivity index (χ3v) is 4.71. The summed E-state index contributed by atoms with van der Waals surface area (Å²) in [5.74, 6) is -3.86. The molecule has 0 aliphatic heterocycles. The van der Waals surface area contributed by atoms with E-state index in [0.29, 0.717) is 6.42 Å². The summed E-state index contributed by atoms with van der Waals surface area (Å²) in [5, 5.41) is 16.5. The fourth-order valence-electron chi connectivity index (χ4n) is 3.02. The molecule has 0 fully saturated rings. The van der Waals surface area contributed by atoms with Crippen molar-refractivity contribution >= 4 is 29.6 Å². The summed E-state index contributed by atoms with van der Waals surface area (Å²) in [6.07, 6.45) is 0.150. The summed E-state index contributed by atoms with van der Waals surface area (Å²) in [6, 6.07) is 5.98. The van der Waals surface area contributed by atoms with E-state index in [1.807, 2.05) is 44.2 Å². The van der Waals surface area contributed by atoms with Crippen molar-refractivity contribution in [2.45, 2.75) is 57.7 Å². The van der Waals surface area contributed by atoms with Crippen LogP contribution in [0.4, 0.5) is 0 Å². The van der Waals surface area contributed by atoms with Crippen molar-refractivity contribution in [1.29, 1.82) is 0 Å². The average Bonchev–Trinajstić information content (AvgIpc) is 2.74. The fourth-order valence-corrected chi connectivity index (χ4v) is 3.02. The van der Waals surface area contributed by atoms with Crippen LogP contribution < -0.4 is 27.4 Å². The van der Waals surface area contributed by atoms with Crippen LogP contribution in [0.5, 0.6) is 0 Å². The lowest BCUT2D eigenvalue weighted by atomic mass is 10.0. The first-order valence-electron chi connectivity index (χ1n) is 10.7. The van der Waals surface area contributed by atoms with Gasteiger partial charge >= 0.3 is 5.97 Å². The number of nitrogens with two attached hydrogens (primary N) is 2. The van der Waals surface area contributed by atoms with Gasteiger partial charge in [-0.1, -0.05) is 44.2 Å². The number of carboxylic acids is 1. The zero-order chi connectivity index (χ0) is 25.0. The van der Waals surface area contributed by atoms with Crippen molar-refractivity contribution in [2.75, 3.05) is 6.54 Å². The second-order valence-electron chi connectivity index (χ2n) is 8.17. The van der Waals surface area contributed by atoms with Gasteiger partial charge in [0, 0.05) is 6.42 Å². The molecule has 0 saturated carbocycles. The van der Waals surface area contributed by atoms with Gasteiger partial charge in [0.25, 0.3) is 0 Å². The molecule has 4 amide bonds. The van der Waals surface area contributed by atoms with Gasteiger partial charge < -0.3 is 32.5 Å². The van der Waals surface area contributed by atoms with Gasteiger partial charge in [-0.3, -0.25) is 19.2 Å². The zero-order valence-electron chi connectivity index (χ0n) is 18.9. The van der Waals surface area contributed by atoms with Crippen molar-refractivity contribution < 1.29 is 29.1 Å². The predicted octanol–water partition coefficient (Wildman–Crippen LogP) is -0.962. The minimum absolute atomic E-state index is 0.00355. The largest absolute Gasteiger partial charge is 0.480 e. The minimum Gasteiger partial charge on any atom is -0.480 e. The smallest absolute Gasteiger partial charge is 0.326 e. The number of carbonyl (C=O) groups is 5. The maximum Gasteiger partial charge on any atom is 0.326 e. The number of carbonyl (C=O) groups excluding carboxylic acids is 4. The van der Waals surface area contributed by atoms with Crippen LogP contribution in [0.25, 0.3) is 0 Å². The molecule has 3 atom stereocenters. The van der Waals surface area contributed by atoms with E-state index in [1.54, 1.807) is 0 Å². The molecule has 0 radical (unpaired) electrons. The Balaban J connectivity index is 2.64. The third kappa shape index (κ3) is 11.1. The van der Waals surface area contributed by atoms with Gasteiger partial charge in [0.05, 0.1) is 12.6 Å². The Hall–Kier alpha value is -3.47. The second kappa shape index (κ2) is 13.8. The number of carboxylic acid groups (broad SMARTS) is 1. The molecule has 0 saturated heterocycles. The van der Waals surface area contributed by atoms with E-state index < -0.39 is 54.3 Å². The van der Waals surface area contributed by atoms with Crippen LogP contribution in [0, 0.1) is 5.92 Å². The van der Waals surface area contributed by atoms with Gasteiger partial charge in [-0.05, 0) is 30.7 Å². The molecule has 0 spiro atoms. The molecule has 1 aromatic rings. The fraction of sp³-hybridized carbons (Fsp3) is 0.500. The molecule has 0 heterocycles. The first-order valence-corrected chi connectivity index (χ1v) is 10.7. The molecule has 1 aromatic carbocycles. The van der Waals surface area contributed by atoms with E-state index in [2.05, 4.69) is 16.0 Å². The van der Waals surface area contributed by atoms with Crippen LogP contribution in [0.15, 0.2) is 30.3 Å². The number of amides is 4. The van der Waals surface area contributed by atoms with Gasteiger partial charge in [-0.25, -0.2) is 4.79 Å². The Morgan fingerprint density at radius 1 is 0.970 bits per heavy atom. The highest BCUT2D eigenvalue weighted by molar-refractivity contribution is 5.92. The number of primary amides is 1. The molecule has 8 N–H and O–H groups in total. The number of hydrogen-bond acceptors (Lipinski definition) is 6. The summed E-state index contributed by atoms with van der Waals surface area (Å²) in [6.45, 7) is 3.27. The first-order chi connectivity index (χ1) is 15.5. The molecule has 0 aliphatic rings. The number of benzene rings is 1. The van der Waals surface area contributed by atoms with E-state index in [1.165, 1.54) is 0 Å². The topological polar surface area (TPSA) is 194 Å². The molecule has 0 aliphatic carbocycles. The number of hydrogen-bond donors (Lipinski definition) is 6. The average molecular weight is 464 g/mol. The highest BCUT2D eigenvalue weighted by Crippen LogP contribution is 2.07. The normalized spacial score (nSPS) is 13.5. The Labute approximate surface area is 192 Å². The molecular weight excluding hydrogens is 430 g/mol. The van der Waals surface area contributed by atoms with Crippen molar-refractivity contribution in [3.63, 3.8) is 0 Å². The van der Waals surface area contributed by atoms with E-state index in [0.717, 1.165) is 5.56 Å². The van der Waals surface area contributed by atoms with Crippen LogP contribution in [0.3, 0.4) is 0 Å². The van der Waals surface area contributed by atoms with E-state index >= 15 is 0 Å². The number of rotatable bonds is 14. The van der Waals surface area contributed by atoms with E-state index in [9.17, 15) is 29.1 Å². The van der Waals surface area contributed by atoms with Crippen LogP contribution in [0.1, 0.15) is 38.7 Å². The quantitative estimate of drug-likeness (QED) is 0.204. The summed E-state index contributed by atoms with van der Waals surface area (Å²) in [7, 11) is 0. The highest BCUT2D eigenvalue weighted by atomic mass is 16.4. The molecule has 0 aromatic heterocycles. The Morgan fingerprint density at radius 2 is 1.61 bits per heavy atom. The van der Waals surface area contributed by atoms with Gasteiger partial charge in [0.2, 0.25) is 23.6 Å². The van der Waals surface area contributed by atoms with E-state index in [-0.39, 0.29) is 25.2 Å². The zero-order valence-corrected chi connectivity index (χ0v) is 18.9. The molecule has 1 rings (SSSR count). The lowest BCUT2D eigenvalue weighted by Gasteiger charge is -2.23. The van der Waals surface area contributed by atoms with E-state index in [4.69, 9.17) is 11.5 Å². The molecule has 182 valence electrons. The van der Waals surface area contributed by atoms with Crippen molar-refractivity contribution in [3.05, 3.63) is 35.9 Å². The first kappa shape index (κ1) is 27.6. The predicted molar refractivity (Wildman–Crippen MR) is 121 cm³/mol. The monoisotopic (exact) mass is 463 g/mol. The van der Waals surface area contributed by atoms with Crippen LogP contribution in [-0.2, 0) is 30.4 Å². The van der Waals surface area contributed by atoms with Crippen molar-refractivity contribution in [2.24, 2.45) is 17.4 Å². The summed E-state index contributed by atoms with van der Waals surface area (Å²) in [5.41, 5.74) is 11.8. The molecule has 0 bridgehead atoms. The standard InChI is InChI=1S/C22H33N5O6/c1-13(2)10-17(21(31)27-16(22(32)33)8-9-18(24)28)26-19(29)12-25-20(30)15(23)11-14-6-4-3-5-7-14/h3-7,13,15-17H,8-12,23H2,1-2H3,(H2,24,28)(H,25,30)(H,26,29)(H,27,31)(H,32,33)/t15-,16-,17-/m0/s1. The maximum absolute atomic E-state index is 12.6. The summed E-state index contributed by atoms with van der Waals surface area (Å²) >= 11 is 0. The molecule has 33 heavy (non-hydrogen) atoms. The molecule has 0 unspecified atom stereocenters. The minimum atomic E-state index is -1.33. The molecule has 11 heteroatoms. The van der Waals surface area contributed by atoms with Gasteiger partial charge in [-0.2, -0.15) is 0 Å². The van der Waals surface area contributed by atoms with Crippen LogP contribution in [0.2, 0.25) is 0 Å². The van der Waals surface area contributed by atoms with Crippen molar-refractivity contribution in [1.82, 2.24) is 16.0 Å². The lowest BCUT2D eigenvalue weighted by Crippen LogP contribution is -2.54. The second-order valence-corrected chi connectivity index (χ2v) is 8.17. The Kier molecular flexibility index (Phi) is 11.6. The van der Waals surface area contributed by atoms with Gasteiger partial charge in [-0.15, -0.1) is 0 Å². The highest BCUT2D eigenvalue weighted by Gasteiger charge is 2.27. The molecular formula is C22H33N5O6. The maximum atomic E-state index is 12.6. The third-order valence-electron chi connectivity index (χ3n) is 4.71. The van der Waals surface area contributed by atoms with Crippen molar-refractivity contribution in [3.8, 4) is 0 Å². The number of nitrogens with one attached hydrogen (secondary N) is 3. The summed E-state index contributed by atoms with van der Waals surface area (Å²) < 4.78 is 0. The summed E-state index contributed by atoms with van der Waals surface area (Å²) in [4.78, 5) is 59.4. The number of aliphatic carboxylic acids is 1. The lowest BCUT2D eigenvalue weighted by molar-refractivity contribution is -0.142. The SMILES string of the molecule is CC(C)C[C@H](NC(=O)CNC(=O)[C@@H](N)Cc1ccccc1)C(=O)N[C@@H](CCC(N)=O)C(=O)O. The van der Waals surface area contributed by atoms with Crippen LogP contribution >= 0.6 is 0 Å². The Morgan fingerprint density at radius 3 is 2.15 bits per heavy atom. The molecule has 11 nitrogen and oxygen atoms in total. The van der Waals surface area contributed by atoms with Gasteiger partial charge in [0.1, 0.15) is 12.1 Å². The van der Waals surface area contributed by atoms with Crippen LogP contribution in [-0.4, -0.2) is 59.4 Å².